The number of benzene rings is 1. The molecule has 0 spiro atoms. The van der Waals surface area contributed by atoms with Crippen molar-refractivity contribution in [3.05, 3.63) is 35.4 Å². The van der Waals surface area contributed by atoms with E-state index in [1.807, 2.05) is 0 Å². The molecule has 0 aromatic heterocycles. The molecule has 1 aromatic carbocycles. The molecule has 1 aliphatic rings. The first-order chi connectivity index (χ1) is 9.29. The van der Waals surface area contributed by atoms with Crippen LogP contribution in [0.2, 0.25) is 0 Å². The van der Waals surface area contributed by atoms with E-state index >= 15 is 0 Å². The van der Waals surface area contributed by atoms with E-state index in [1.165, 1.54) is 6.07 Å². The average molecular weight is 287 g/mol. The van der Waals surface area contributed by atoms with Gasteiger partial charge in [-0.05, 0) is 37.9 Å². The number of hydrogen-bond acceptors (Lipinski definition) is 2. The highest BCUT2D eigenvalue weighted by molar-refractivity contribution is 5.27. The van der Waals surface area contributed by atoms with Gasteiger partial charge in [0.25, 0.3) is 0 Å². The number of nitrogens with one attached hydrogen (secondary N) is 1. The first-order valence-corrected chi connectivity index (χ1v) is 6.88. The number of halogens is 3. The molecular formula is C15H20F3NO. The maximum atomic E-state index is 12.7. The van der Waals surface area contributed by atoms with E-state index in [9.17, 15) is 18.3 Å². The number of piperidine rings is 1. The van der Waals surface area contributed by atoms with Gasteiger partial charge in [-0.25, -0.2) is 0 Å². The summed E-state index contributed by atoms with van der Waals surface area (Å²) in [5.41, 5.74) is -1.12. The molecule has 0 amide bonds. The second kappa shape index (κ2) is 5.74. The highest BCUT2D eigenvalue weighted by Gasteiger charge is 2.34. The lowest BCUT2D eigenvalue weighted by atomic mass is 9.79. The monoisotopic (exact) mass is 287 g/mol. The van der Waals surface area contributed by atoms with Crippen molar-refractivity contribution in [2.75, 3.05) is 13.1 Å². The summed E-state index contributed by atoms with van der Waals surface area (Å²) in [7, 11) is 0. The third-order valence-corrected chi connectivity index (χ3v) is 3.99. The van der Waals surface area contributed by atoms with E-state index in [2.05, 4.69) is 5.32 Å². The Morgan fingerprint density at radius 1 is 1.35 bits per heavy atom. The van der Waals surface area contributed by atoms with Gasteiger partial charge in [0.05, 0.1) is 11.2 Å². The maximum absolute atomic E-state index is 12.7. The predicted octanol–water partition coefficient (Wildman–Crippen LogP) is 3.00. The Kier molecular flexibility index (Phi) is 4.39. The van der Waals surface area contributed by atoms with Crippen LogP contribution in [-0.4, -0.2) is 23.8 Å². The predicted molar refractivity (Wildman–Crippen MR) is 71.4 cm³/mol. The minimum Gasteiger partial charge on any atom is -0.389 e. The van der Waals surface area contributed by atoms with Gasteiger partial charge in [0.1, 0.15) is 0 Å². The summed E-state index contributed by atoms with van der Waals surface area (Å²) in [5.74, 6) is 0.0748. The molecule has 1 aromatic rings. The van der Waals surface area contributed by atoms with Crippen molar-refractivity contribution in [3.8, 4) is 0 Å². The van der Waals surface area contributed by atoms with Gasteiger partial charge in [-0.2, -0.15) is 13.2 Å². The van der Waals surface area contributed by atoms with Crippen molar-refractivity contribution >= 4 is 0 Å². The van der Waals surface area contributed by atoms with Crippen molar-refractivity contribution in [2.24, 2.45) is 5.92 Å². The molecule has 20 heavy (non-hydrogen) atoms. The molecule has 2 nitrogen and oxygen atoms in total. The number of aliphatic hydroxyl groups is 1. The van der Waals surface area contributed by atoms with E-state index in [4.69, 9.17) is 0 Å². The molecule has 0 aliphatic carbocycles. The number of rotatable bonds is 3. The second-order valence-corrected chi connectivity index (χ2v) is 5.78. The molecule has 0 saturated carbocycles. The first kappa shape index (κ1) is 15.3. The summed E-state index contributed by atoms with van der Waals surface area (Å²) in [6.07, 6.45) is -2.21. The average Bonchev–Trinajstić information content (AvgIpc) is 2.38. The van der Waals surface area contributed by atoms with Gasteiger partial charge >= 0.3 is 6.18 Å². The fourth-order valence-electron chi connectivity index (χ4n) is 2.80. The van der Waals surface area contributed by atoms with Crippen LogP contribution >= 0.6 is 0 Å². The quantitative estimate of drug-likeness (QED) is 0.895. The Morgan fingerprint density at radius 2 is 2.10 bits per heavy atom. The fraction of sp³-hybridized carbons (Fsp3) is 0.600. The van der Waals surface area contributed by atoms with Crippen LogP contribution in [0.3, 0.4) is 0 Å². The van der Waals surface area contributed by atoms with Crippen molar-refractivity contribution in [1.82, 2.24) is 5.32 Å². The molecule has 112 valence electrons. The molecule has 0 radical (unpaired) electrons. The van der Waals surface area contributed by atoms with Gasteiger partial charge in [0, 0.05) is 18.9 Å². The fourth-order valence-corrected chi connectivity index (χ4v) is 2.80. The number of alkyl halides is 3. The third-order valence-electron chi connectivity index (χ3n) is 3.99. The maximum Gasteiger partial charge on any atom is 0.416 e. The standard InChI is InChI=1S/C15H20F3NO/c1-14(20,13-6-3-7-19-10-13)9-11-4-2-5-12(8-11)15(16,17)18/h2,4-5,8,13,19-20H,3,6-7,9-10H2,1H3. The summed E-state index contributed by atoms with van der Waals surface area (Å²) in [5, 5.41) is 13.8. The van der Waals surface area contributed by atoms with E-state index in [1.54, 1.807) is 13.0 Å². The smallest absolute Gasteiger partial charge is 0.389 e. The highest BCUT2D eigenvalue weighted by Crippen LogP contribution is 2.32. The SMILES string of the molecule is CC(O)(Cc1cccc(C(F)(F)F)c1)C1CCCNC1. The summed E-state index contributed by atoms with van der Waals surface area (Å²) in [6.45, 7) is 3.37. The molecule has 2 N–H and O–H groups in total. The topological polar surface area (TPSA) is 32.3 Å². The van der Waals surface area contributed by atoms with Gasteiger partial charge in [-0.1, -0.05) is 18.2 Å². The minimum absolute atomic E-state index is 0.0748. The van der Waals surface area contributed by atoms with Crippen LogP contribution in [0.1, 0.15) is 30.9 Å². The third kappa shape index (κ3) is 3.73. The van der Waals surface area contributed by atoms with Crippen molar-refractivity contribution in [3.63, 3.8) is 0 Å². The largest absolute Gasteiger partial charge is 0.416 e. The second-order valence-electron chi connectivity index (χ2n) is 5.78. The van der Waals surface area contributed by atoms with Crippen LogP contribution in [0.5, 0.6) is 0 Å². The van der Waals surface area contributed by atoms with Crippen LogP contribution in [0.15, 0.2) is 24.3 Å². The van der Waals surface area contributed by atoms with Crippen LogP contribution in [0.4, 0.5) is 13.2 Å². The van der Waals surface area contributed by atoms with Gasteiger partial charge in [0.2, 0.25) is 0 Å². The molecule has 2 rings (SSSR count). The van der Waals surface area contributed by atoms with E-state index in [0.717, 1.165) is 31.5 Å². The molecule has 0 bridgehead atoms. The Labute approximate surface area is 117 Å². The lowest BCUT2D eigenvalue weighted by Crippen LogP contribution is -2.45. The van der Waals surface area contributed by atoms with Crippen LogP contribution in [0.25, 0.3) is 0 Å². The highest BCUT2D eigenvalue weighted by atomic mass is 19.4. The van der Waals surface area contributed by atoms with E-state index in [-0.39, 0.29) is 12.3 Å². The molecule has 1 fully saturated rings. The molecule has 2 atom stereocenters. The number of hydrogen-bond donors (Lipinski definition) is 2. The Bertz CT molecular complexity index is 451. The van der Waals surface area contributed by atoms with Crippen LogP contribution in [0, 0.1) is 5.92 Å². The zero-order valence-corrected chi connectivity index (χ0v) is 11.5. The summed E-state index contributed by atoms with van der Waals surface area (Å²) < 4.78 is 38.0. The van der Waals surface area contributed by atoms with Gasteiger partial charge < -0.3 is 10.4 Å². The lowest BCUT2D eigenvalue weighted by molar-refractivity contribution is -0.137. The van der Waals surface area contributed by atoms with Gasteiger partial charge in [-0.3, -0.25) is 0 Å². The molecule has 1 heterocycles. The minimum atomic E-state index is -4.34. The lowest BCUT2D eigenvalue weighted by Gasteiger charge is -2.36. The zero-order chi connectivity index (χ0) is 14.8. The van der Waals surface area contributed by atoms with Crippen LogP contribution in [-0.2, 0) is 12.6 Å². The van der Waals surface area contributed by atoms with Crippen molar-refractivity contribution < 1.29 is 18.3 Å². The summed E-state index contributed by atoms with van der Waals surface area (Å²) >= 11 is 0. The summed E-state index contributed by atoms with van der Waals surface area (Å²) in [4.78, 5) is 0. The zero-order valence-electron chi connectivity index (χ0n) is 11.5. The van der Waals surface area contributed by atoms with Crippen molar-refractivity contribution in [2.45, 2.75) is 38.0 Å². The Morgan fingerprint density at radius 3 is 2.70 bits per heavy atom. The van der Waals surface area contributed by atoms with Gasteiger partial charge in [0.15, 0.2) is 0 Å². The molecular weight excluding hydrogens is 267 g/mol. The molecule has 5 heteroatoms. The van der Waals surface area contributed by atoms with Crippen LogP contribution < -0.4 is 5.32 Å². The van der Waals surface area contributed by atoms with E-state index < -0.39 is 17.3 Å². The molecule has 1 saturated heterocycles. The Hall–Kier alpha value is -1.07. The van der Waals surface area contributed by atoms with Crippen molar-refractivity contribution in [1.29, 1.82) is 0 Å². The Balaban J connectivity index is 2.12. The van der Waals surface area contributed by atoms with E-state index in [0.29, 0.717) is 12.1 Å². The molecule has 1 aliphatic heterocycles. The normalized spacial score (nSPS) is 23.4. The molecule has 2 unspecified atom stereocenters. The first-order valence-electron chi connectivity index (χ1n) is 6.88. The summed E-state index contributed by atoms with van der Waals surface area (Å²) in [6, 6.07) is 5.22. The van der Waals surface area contributed by atoms with Gasteiger partial charge in [-0.15, -0.1) is 0 Å².